The predicted octanol–water partition coefficient (Wildman–Crippen LogP) is 5.07. The average Bonchev–Trinajstić information content (AvgIpc) is 3.02. The van der Waals surface area contributed by atoms with E-state index < -0.39 is 23.5 Å². The number of halogens is 5. The minimum atomic E-state index is -4.57. The van der Waals surface area contributed by atoms with Gasteiger partial charge < -0.3 is 4.74 Å². The minimum absolute atomic E-state index is 0.0844. The summed E-state index contributed by atoms with van der Waals surface area (Å²) >= 11 is 0. The largest absolute Gasteiger partial charge is 0.481 e. The molecular formula is C20H13F5N4O. The van der Waals surface area contributed by atoms with Crippen LogP contribution in [0.5, 0.6) is 5.88 Å². The fraction of sp³-hybridized carbons (Fsp3) is 0.150. The molecule has 0 spiro atoms. The molecule has 0 radical (unpaired) electrons. The van der Waals surface area contributed by atoms with Crippen molar-refractivity contribution < 1.29 is 26.7 Å². The smallest absolute Gasteiger partial charge is 0.433 e. The van der Waals surface area contributed by atoms with Crippen LogP contribution >= 0.6 is 0 Å². The van der Waals surface area contributed by atoms with E-state index in [2.05, 4.69) is 15.1 Å². The van der Waals surface area contributed by atoms with Gasteiger partial charge in [0.1, 0.15) is 17.3 Å². The van der Waals surface area contributed by atoms with E-state index in [1.54, 1.807) is 6.92 Å². The molecule has 0 fully saturated rings. The lowest BCUT2D eigenvalue weighted by atomic mass is 10.1. The molecule has 0 N–H and O–H groups in total. The molecule has 0 amide bonds. The molecule has 0 bridgehead atoms. The zero-order valence-electron chi connectivity index (χ0n) is 15.6. The summed E-state index contributed by atoms with van der Waals surface area (Å²) in [5, 5.41) is 4.31. The number of hydrogen-bond donors (Lipinski definition) is 0. The van der Waals surface area contributed by atoms with Gasteiger partial charge >= 0.3 is 6.18 Å². The van der Waals surface area contributed by atoms with Crippen LogP contribution in [0.15, 0.2) is 42.6 Å². The summed E-state index contributed by atoms with van der Waals surface area (Å²) in [6.07, 6.45) is -3.52. The molecule has 0 aliphatic rings. The molecule has 5 nitrogen and oxygen atoms in total. The van der Waals surface area contributed by atoms with E-state index in [1.165, 1.54) is 29.8 Å². The van der Waals surface area contributed by atoms with Crippen LogP contribution in [0.1, 0.15) is 11.4 Å². The number of ether oxygens (including phenoxy) is 1. The van der Waals surface area contributed by atoms with Crippen LogP contribution in [-0.4, -0.2) is 26.7 Å². The number of benzene rings is 1. The first-order chi connectivity index (χ1) is 14.2. The highest BCUT2D eigenvalue weighted by Gasteiger charge is 2.32. The van der Waals surface area contributed by atoms with Crippen molar-refractivity contribution >= 4 is 5.65 Å². The third-order valence-corrected chi connectivity index (χ3v) is 4.49. The highest BCUT2D eigenvalue weighted by Crippen LogP contribution is 2.34. The van der Waals surface area contributed by atoms with E-state index in [9.17, 15) is 22.0 Å². The molecule has 0 unspecified atom stereocenters. The lowest BCUT2D eigenvalue weighted by Gasteiger charge is -2.09. The summed E-state index contributed by atoms with van der Waals surface area (Å²) in [5.41, 5.74) is 0.529. The molecule has 4 aromatic rings. The SMILES string of the molecule is COc1cc(-c2ccc(C(F)(F)F)nc2)nc2c(-c3ccc(F)cc3F)c(C)nn12. The molecule has 3 heterocycles. The highest BCUT2D eigenvalue weighted by atomic mass is 19.4. The van der Waals surface area contributed by atoms with Gasteiger partial charge in [-0.25, -0.2) is 13.8 Å². The van der Waals surface area contributed by atoms with Crippen LogP contribution < -0.4 is 4.74 Å². The molecule has 0 saturated heterocycles. The second-order valence-electron chi connectivity index (χ2n) is 6.43. The molecule has 0 aliphatic carbocycles. The monoisotopic (exact) mass is 420 g/mol. The maximum absolute atomic E-state index is 14.4. The van der Waals surface area contributed by atoms with Crippen LogP contribution in [0.4, 0.5) is 22.0 Å². The van der Waals surface area contributed by atoms with Crippen LogP contribution in [-0.2, 0) is 6.18 Å². The zero-order valence-corrected chi connectivity index (χ0v) is 15.6. The van der Waals surface area contributed by atoms with E-state index in [-0.39, 0.29) is 22.8 Å². The number of fused-ring (bicyclic) bond motifs is 1. The summed E-state index contributed by atoms with van der Waals surface area (Å²) in [5.74, 6) is -1.30. The van der Waals surface area contributed by atoms with Gasteiger partial charge in [-0.05, 0) is 31.2 Å². The van der Waals surface area contributed by atoms with Crippen LogP contribution in [0.2, 0.25) is 0 Å². The number of nitrogens with zero attached hydrogens (tertiary/aromatic N) is 4. The fourth-order valence-electron chi connectivity index (χ4n) is 3.11. The van der Waals surface area contributed by atoms with Gasteiger partial charge in [-0.15, -0.1) is 0 Å². The average molecular weight is 420 g/mol. The van der Waals surface area contributed by atoms with Crippen LogP contribution in [0.25, 0.3) is 28.0 Å². The number of aromatic nitrogens is 4. The summed E-state index contributed by atoms with van der Waals surface area (Å²) < 4.78 is 72.8. The van der Waals surface area contributed by atoms with E-state index in [1.807, 2.05) is 0 Å². The Morgan fingerprint density at radius 2 is 1.80 bits per heavy atom. The Bertz CT molecular complexity index is 1250. The van der Waals surface area contributed by atoms with Crippen molar-refractivity contribution in [3.8, 4) is 28.3 Å². The third-order valence-electron chi connectivity index (χ3n) is 4.49. The number of methoxy groups -OCH3 is 1. The number of alkyl halides is 3. The molecular weight excluding hydrogens is 407 g/mol. The van der Waals surface area contributed by atoms with E-state index in [4.69, 9.17) is 4.74 Å². The first-order valence-corrected chi connectivity index (χ1v) is 8.62. The van der Waals surface area contributed by atoms with Crippen molar-refractivity contribution in [3.05, 3.63) is 65.6 Å². The maximum Gasteiger partial charge on any atom is 0.433 e. The Balaban J connectivity index is 1.93. The Labute approximate surface area is 166 Å². The lowest BCUT2D eigenvalue weighted by molar-refractivity contribution is -0.141. The molecule has 1 aromatic carbocycles. The summed E-state index contributed by atoms with van der Waals surface area (Å²) in [4.78, 5) is 7.89. The molecule has 0 atom stereocenters. The Morgan fingerprint density at radius 1 is 1.03 bits per heavy atom. The topological polar surface area (TPSA) is 52.3 Å². The molecule has 10 heteroatoms. The number of pyridine rings is 1. The van der Waals surface area contributed by atoms with Gasteiger partial charge in [0.15, 0.2) is 5.65 Å². The predicted molar refractivity (Wildman–Crippen MR) is 97.9 cm³/mol. The Hall–Kier alpha value is -3.56. The Kier molecular flexibility index (Phi) is 4.64. The first kappa shape index (κ1) is 19.7. The minimum Gasteiger partial charge on any atom is -0.481 e. The van der Waals surface area contributed by atoms with Crippen molar-refractivity contribution in [2.24, 2.45) is 0 Å². The number of rotatable bonds is 3. The van der Waals surface area contributed by atoms with Gasteiger partial charge in [-0.3, -0.25) is 4.98 Å². The summed E-state index contributed by atoms with van der Waals surface area (Å²) in [7, 11) is 1.39. The fourth-order valence-corrected chi connectivity index (χ4v) is 3.11. The molecule has 154 valence electrons. The summed E-state index contributed by atoms with van der Waals surface area (Å²) in [6.45, 7) is 1.63. The number of hydrogen-bond acceptors (Lipinski definition) is 4. The molecule has 3 aromatic heterocycles. The van der Waals surface area contributed by atoms with E-state index in [0.29, 0.717) is 16.8 Å². The molecule has 0 saturated carbocycles. The van der Waals surface area contributed by atoms with Crippen LogP contribution in [0, 0.1) is 18.6 Å². The lowest BCUT2D eigenvalue weighted by Crippen LogP contribution is -2.07. The maximum atomic E-state index is 14.4. The van der Waals surface area contributed by atoms with Crippen molar-refractivity contribution in [3.63, 3.8) is 0 Å². The van der Waals surface area contributed by atoms with Crippen molar-refractivity contribution in [2.75, 3.05) is 7.11 Å². The number of aryl methyl sites for hydroxylation is 1. The second kappa shape index (κ2) is 7.05. The van der Waals surface area contributed by atoms with Gasteiger partial charge in [0.2, 0.25) is 5.88 Å². The highest BCUT2D eigenvalue weighted by molar-refractivity contribution is 5.82. The van der Waals surface area contributed by atoms with E-state index in [0.717, 1.165) is 24.4 Å². The molecule has 4 rings (SSSR count). The summed E-state index contributed by atoms with van der Waals surface area (Å²) in [6, 6.07) is 6.69. The van der Waals surface area contributed by atoms with Crippen molar-refractivity contribution in [1.82, 2.24) is 19.6 Å². The molecule has 0 aliphatic heterocycles. The normalized spacial score (nSPS) is 11.8. The Morgan fingerprint density at radius 3 is 2.40 bits per heavy atom. The quantitative estimate of drug-likeness (QED) is 0.434. The van der Waals surface area contributed by atoms with Crippen molar-refractivity contribution in [2.45, 2.75) is 13.1 Å². The van der Waals surface area contributed by atoms with Gasteiger partial charge in [0.05, 0.1) is 24.1 Å². The zero-order chi connectivity index (χ0) is 21.6. The molecule has 30 heavy (non-hydrogen) atoms. The third kappa shape index (κ3) is 3.34. The van der Waals surface area contributed by atoms with Gasteiger partial charge in [0.25, 0.3) is 0 Å². The van der Waals surface area contributed by atoms with Gasteiger partial charge in [-0.2, -0.15) is 22.8 Å². The second-order valence-corrected chi connectivity index (χ2v) is 6.43. The first-order valence-electron chi connectivity index (χ1n) is 8.62. The van der Waals surface area contributed by atoms with Gasteiger partial charge in [0, 0.05) is 29.5 Å². The van der Waals surface area contributed by atoms with Crippen LogP contribution in [0.3, 0.4) is 0 Å². The van der Waals surface area contributed by atoms with E-state index >= 15 is 0 Å². The standard InChI is InChI=1S/C20H13F5N4O/c1-10-18(13-5-4-12(21)7-14(13)22)19-27-15(8-17(30-2)29(19)28-10)11-3-6-16(26-9-11)20(23,24)25/h3-9H,1-2H3. The van der Waals surface area contributed by atoms with Crippen molar-refractivity contribution in [1.29, 1.82) is 0 Å². The van der Waals surface area contributed by atoms with Gasteiger partial charge in [-0.1, -0.05) is 0 Å².